The van der Waals surface area contributed by atoms with Gasteiger partial charge in [-0.1, -0.05) is 12.1 Å². The number of alkyl halides is 3. The van der Waals surface area contributed by atoms with Gasteiger partial charge in [-0.2, -0.15) is 13.2 Å². The van der Waals surface area contributed by atoms with E-state index in [1.165, 1.54) is 30.5 Å². The number of carbonyl (C=O) groups is 2. The number of hydrogen-bond donors (Lipinski definition) is 1. The molecule has 0 spiro atoms. The predicted molar refractivity (Wildman–Crippen MR) is 89.4 cm³/mol. The zero-order valence-electron chi connectivity index (χ0n) is 13.9. The molecule has 2 amide bonds. The molecule has 0 saturated heterocycles. The molecular formula is C15H14F3N5O3S. The molecule has 3 rings (SSSR count). The number of aromatic nitrogens is 3. The maximum atomic E-state index is 13.6. The summed E-state index contributed by atoms with van der Waals surface area (Å²) < 4.78 is 53.6. The molecule has 0 saturated carbocycles. The van der Waals surface area contributed by atoms with Gasteiger partial charge in [-0.25, -0.2) is 0 Å². The van der Waals surface area contributed by atoms with Gasteiger partial charge < -0.3 is 5.32 Å². The Morgan fingerprint density at radius 2 is 2.07 bits per heavy atom. The minimum absolute atomic E-state index is 0.0378. The highest BCUT2D eigenvalue weighted by molar-refractivity contribution is 7.84. The molecule has 8 nitrogen and oxygen atoms in total. The van der Waals surface area contributed by atoms with Gasteiger partial charge in [0, 0.05) is 6.26 Å². The van der Waals surface area contributed by atoms with Gasteiger partial charge >= 0.3 is 6.18 Å². The Bertz CT molecular complexity index is 914. The Balaban J connectivity index is 2.05. The molecular weight excluding hydrogens is 387 g/mol. The maximum absolute atomic E-state index is 13.6. The first-order chi connectivity index (χ1) is 12.7. The van der Waals surface area contributed by atoms with Gasteiger partial charge in [-0.3, -0.25) is 23.3 Å². The highest BCUT2D eigenvalue weighted by Crippen LogP contribution is 2.37. The summed E-state index contributed by atoms with van der Waals surface area (Å²) in [5, 5.41) is 9.50. The second-order valence-electron chi connectivity index (χ2n) is 5.79. The molecule has 2 heterocycles. The van der Waals surface area contributed by atoms with Crippen LogP contribution in [-0.2, 0) is 26.9 Å². The van der Waals surface area contributed by atoms with Gasteiger partial charge in [0.1, 0.15) is 18.9 Å². The van der Waals surface area contributed by atoms with Crippen LogP contribution in [0.4, 0.5) is 24.5 Å². The third-order valence-corrected chi connectivity index (χ3v) is 4.75. The molecule has 27 heavy (non-hydrogen) atoms. The van der Waals surface area contributed by atoms with Gasteiger partial charge in [0.15, 0.2) is 0 Å². The lowest BCUT2D eigenvalue weighted by molar-refractivity contribution is -0.158. The topological polar surface area (TPSA) is 97.2 Å². The molecule has 2 aromatic rings. The van der Waals surface area contributed by atoms with Crippen LogP contribution in [0.3, 0.4) is 0 Å². The third kappa shape index (κ3) is 3.84. The summed E-state index contributed by atoms with van der Waals surface area (Å²) in [6.07, 6.45) is -3.33. The van der Waals surface area contributed by atoms with E-state index >= 15 is 0 Å². The zero-order chi connectivity index (χ0) is 19.8. The van der Waals surface area contributed by atoms with Gasteiger partial charge in [0.2, 0.25) is 17.0 Å². The van der Waals surface area contributed by atoms with E-state index in [1.54, 1.807) is 0 Å². The zero-order valence-corrected chi connectivity index (χ0v) is 14.8. The smallest absolute Gasteiger partial charge is 0.324 e. The molecule has 0 aliphatic carbocycles. The van der Waals surface area contributed by atoms with Crippen molar-refractivity contribution in [3.05, 3.63) is 30.6 Å². The average Bonchev–Trinajstić information content (AvgIpc) is 2.96. The summed E-state index contributed by atoms with van der Waals surface area (Å²) in [7, 11) is -1.58. The fourth-order valence-electron chi connectivity index (χ4n) is 2.79. The maximum Gasteiger partial charge on any atom is 0.409 e. The number of nitrogens with one attached hydrogen (secondary N) is 1. The van der Waals surface area contributed by atoms with E-state index < -0.39 is 47.8 Å². The number of carbonyl (C=O) groups excluding carboxylic acids is 2. The molecule has 144 valence electrons. The second kappa shape index (κ2) is 7.10. The number of hydrogen-bond acceptors (Lipinski definition) is 5. The van der Waals surface area contributed by atoms with Crippen LogP contribution in [0, 0.1) is 0 Å². The van der Waals surface area contributed by atoms with Crippen molar-refractivity contribution in [3.8, 4) is 0 Å². The Morgan fingerprint density at radius 1 is 1.37 bits per heavy atom. The van der Waals surface area contributed by atoms with E-state index in [2.05, 4.69) is 15.5 Å². The van der Waals surface area contributed by atoms with Gasteiger partial charge in [-0.15, -0.1) is 10.2 Å². The van der Waals surface area contributed by atoms with E-state index in [1.807, 2.05) is 0 Å². The van der Waals surface area contributed by atoms with Crippen molar-refractivity contribution < 1.29 is 27.0 Å². The summed E-state index contributed by atoms with van der Waals surface area (Å²) >= 11 is 0. The first kappa shape index (κ1) is 19.0. The van der Waals surface area contributed by atoms with E-state index in [9.17, 15) is 27.0 Å². The summed E-state index contributed by atoms with van der Waals surface area (Å²) in [6, 6.07) is 3.41. The standard InChI is InChI=1S/C15H14F3N5O3S/c1-27(26)14-21-19-8-22(14)7-13(25)23-10-5-3-2-4-9(10)20-12(24)6-11(23)15(16,17)18/h2-5,8,11H,6-7H2,1H3,(H,20,24)/t11-,27+/m1/s1. The molecule has 0 bridgehead atoms. The summed E-state index contributed by atoms with van der Waals surface area (Å²) in [5.41, 5.74) is 0.0357. The number of benzene rings is 1. The second-order valence-corrected chi connectivity index (χ2v) is 7.06. The van der Waals surface area contributed by atoms with Crippen molar-refractivity contribution >= 4 is 34.0 Å². The molecule has 0 unspecified atom stereocenters. The van der Waals surface area contributed by atoms with Gasteiger partial charge in [-0.05, 0) is 12.1 Å². The van der Waals surface area contributed by atoms with E-state index in [0.717, 1.165) is 10.9 Å². The number of anilines is 2. The fourth-order valence-corrected chi connectivity index (χ4v) is 3.40. The molecule has 2 atom stereocenters. The first-order valence-electron chi connectivity index (χ1n) is 7.67. The summed E-state index contributed by atoms with van der Waals surface area (Å²) in [5.74, 6) is -1.78. The number of rotatable bonds is 3. The average molecular weight is 401 g/mol. The minimum Gasteiger partial charge on any atom is -0.324 e. The van der Waals surface area contributed by atoms with Crippen molar-refractivity contribution in [2.75, 3.05) is 16.5 Å². The third-order valence-electron chi connectivity index (χ3n) is 3.92. The predicted octanol–water partition coefficient (Wildman–Crippen LogP) is 1.32. The lowest BCUT2D eigenvalue weighted by Gasteiger charge is -2.31. The first-order valence-corrected chi connectivity index (χ1v) is 9.23. The van der Waals surface area contributed by atoms with Crippen LogP contribution in [-0.4, -0.2) is 49.3 Å². The van der Waals surface area contributed by atoms with Crippen LogP contribution in [0.2, 0.25) is 0 Å². The van der Waals surface area contributed by atoms with Gasteiger partial charge in [0.05, 0.1) is 28.6 Å². The highest BCUT2D eigenvalue weighted by atomic mass is 32.2. The van der Waals surface area contributed by atoms with E-state index in [4.69, 9.17) is 0 Å². The van der Waals surface area contributed by atoms with Crippen molar-refractivity contribution in [3.63, 3.8) is 0 Å². The van der Waals surface area contributed by atoms with Crippen LogP contribution >= 0.6 is 0 Å². The SMILES string of the molecule is C[S@](=O)c1nncn1CC(=O)N1c2ccccc2NC(=O)C[C@@H]1C(F)(F)F. The Hall–Kier alpha value is -2.76. The van der Waals surface area contributed by atoms with Gasteiger partial charge in [0.25, 0.3) is 0 Å². The molecule has 1 aliphatic heterocycles. The number of fused-ring (bicyclic) bond motifs is 1. The Kier molecular flexibility index (Phi) is 5.00. The lowest BCUT2D eigenvalue weighted by Crippen LogP contribution is -2.50. The molecule has 0 fully saturated rings. The number of nitrogens with zero attached hydrogens (tertiary/aromatic N) is 4. The quantitative estimate of drug-likeness (QED) is 0.837. The molecule has 12 heteroatoms. The van der Waals surface area contributed by atoms with Crippen LogP contribution in [0.15, 0.2) is 35.7 Å². The van der Waals surface area contributed by atoms with Crippen LogP contribution in [0.5, 0.6) is 0 Å². The Labute approximate surface area is 153 Å². The highest BCUT2D eigenvalue weighted by Gasteiger charge is 2.49. The van der Waals surface area contributed by atoms with Crippen molar-refractivity contribution in [1.29, 1.82) is 0 Å². The van der Waals surface area contributed by atoms with E-state index in [0.29, 0.717) is 4.90 Å². The van der Waals surface area contributed by atoms with Crippen LogP contribution < -0.4 is 10.2 Å². The van der Waals surface area contributed by atoms with Crippen LogP contribution in [0.25, 0.3) is 0 Å². The molecule has 0 radical (unpaired) electrons. The fraction of sp³-hybridized carbons (Fsp3) is 0.333. The number of halogens is 3. The monoisotopic (exact) mass is 401 g/mol. The summed E-state index contributed by atoms with van der Waals surface area (Å²) in [6.45, 7) is -0.559. The van der Waals surface area contributed by atoms with Crippen LogP contribution in [0.1, 0.15) is 6.42 Å². The Morgan fingerprint density at radius 3 is 2.74 bits per heavy atom. The van der Waals surface area contributed by atoms with Crippen molar-refractivity contribution in [1.82, 2.24) is 14.8 Å². The van der Waals surface area contributed by atoms with E-state index in [-0.39, 0.29) is 16.5 Å². The van der Waals surface area contributed by atoms with Crippen molar-refractivity contribution in [2.24, 2.45) is 0 Å². The number of amides is 2. The number of para-hydroxylation sites is 2. The minimum atomic E-state index is -4.83. The van der Waals surface area contributed by atoms with Crippen molar-refractivity contribution in [2.45, 2.75) is 30.3 Å². The molecule has 1 aliphatic rings. The molecule has 1 aromatic carbocycles. The molecule has 1 N–H and O–H groups in total. The molecule has 1 aromatic heterocycles. The normalized spacial score (nSPS) is 18.4. The lowest BCUT2D eigenvalue weighted by atomic mass is 10.1. The largest absolute Gasteiger partial charge is 0.409 e. The summed E-state index contributed by atoms with van der Waals surface area (Å²) in [4.78, 5) is 25.3.